The second kappa shape index (κ2) is 12.8. The molecule has 2 aromatic carbocycles. The van der Waals surface area contributed by atoms with Crippen molar-refractivity contribution in [2.24, 2.45) is 4.99 Å². The van der Waals surface area contributed by atoms with Crippen LogP contribution in [0.15, 0.2) is 84.9 Å². The van der Waals surface area contributed by atoms with E-state index in [0.717, 1.165) is 47.4 Å². The molecule has 1 saturated heterocycles. The summed E-state index contributed by atoms with van der Waals surface area (Å²) < 4.78 is 20.3. The third-order valence-corrected chi connectivity index (χ3v) is 9.04. The predicted octanol–water partition coefficient (Wildman–Crippen LogP) is 5.68. The summed E-state index contributed by atoms with van der Waals surface area (Å²) in [6.45, 7) is 6.29. The lowest BCUT2D eigenvalue weighted by Crippen LogP contribution is -2.40. The Morgan fingerprint density at radius 1 is 1.07 bits per heavy atom. The lowest BCUT2D eigenvalue weighted by molar-refractivity contribution is -0.138. The van der Waals surface area contributed by atoms with Gasteiger partial charge in [0.1, 0.15) is 11.5 Å². The molecule has 6 rings (SSSR count). The Bertz CT molecular complexity index is 1830. The predicted molar refractivity (Wildman–Crippen MR) is 171 cm³/mol. The average molecular weight is 663 g/mol. The summed E-state index contributed by atoms with van der Waals surface area (Å²) in [7, 11) is 0. The molecule has 0 spiro atoms. The zero-order valence-corrected chi connectivity index (χ0v) is 26.4. The molecule has 10 heteroatoms. The Morgan fingerprint density at radius 2 is 1.81 bits per heavy atom. The molecule has 2 aliphatic rings. The van der Waals surface area contributed by atoms with Gasteiger partial charge in [0.05, 0.1) is 39.5 Å². The molecule has 1 fully saturated rings. The summed E-state index contributed by atoms with van der Waals surface area (Å²) in [6, 6.07) is 18.1. The Morgan fingerprint density at radius 3 is 2.51 bits per heavy atom. The van der Waals surface area contributed by atoms with Crippen LogP contribution in [0, 0.1) is 0 Å². The number of carbonyl (C=O) groups excluding carboxylic acids is 1. The number of fused-ring (bicyclic) bond motifs is 1. The molecule has 2 aromatic heterocycles. The minimum absolute atomic E-state index is 0.192. The van der Waals surface area contributed by atoms with Gasteiger partial charge in [-0.1, -0.05) is 53.8 Å². The summed E-state index contributed by atoms with van der Waals surface area (Å²) in [4.78, 5) is 35.4. The third-order valence-electron chi connectivity index (χ3n) is 7.48. The number of furan rings is 1. The second-order valence-electron chi connectivity index (χ2n) is 10.3. The smallest absolute Gasteiger partial charge is 0.338 e. The van der Waals surface area contributed by atoms with Gasteiger partial charge < -0.3 is 18.8 Å². The van der Waals surface area contributed by atoms with Gasteiger partial charge in [0.2, 0.25) is 5.88 Å². The van der Waals surface area contributed by atoms with E-state index in [1.807, 2.05) is 67.6 Å². The number of carbonyl (C=O) groups is 1. The molecule has 222 valence electrons. The van der Waals surface area contributed by atoms with Crippen LogP contribution >= 0.6 is 27.3 Å². The van der Waals surface area contributed by atoms with Crippen molar-refractivity contribution >= 4 is 50.9 Å². The molecule has 0 bridgehead atoms. The Hall–Kier alpha value is -3.89. The van der Waals surface area contributed by atoms with E-state index in [0.29, 0.717) is 38.7 Å². The number of rotatable bonds is 8. The van der Waals surface area contributed by atoms with E-state index in [1.165, 1.54) is 17.8 Å². The van der Waals surface area contributed by atoms with Gasteiger partial charge in [0.25, 0.3) is 5.56 Å². The summed E-state index contributed by atoms with van der Waals surface area (Å²) in [5, 5.41) is 0. The molecule has 0 aliphatic carbocycles. The standard InChI is InChI=1S/C33H32BrN3O5S/c1-3-40-23-15-13-22(14-16-23)29-27(32(39)41-4-2)28(21-11-7-5-8-12-21)35-33-37(29)30(38)26(43-33)20-24-19-25(34)31(42-24)36-17-9-6-10-18-36/h5,7-8,11-16,19-20,29H,3-4,6,9-10,17-18H2,1-2H3/b26-20+/t29-/m1/s1. The molecular weight excluding hydrogens is 630 g/mol. The van der Waals surface area contributed by atoms with E-state index in [4.69, 9.17) is 18.9 Å². The molecular formula is C33H32BrN3O5S. The highest BCUT2D eigenvalue weighted by atomic mass is 79.9. The summed E-state index contributed by atoms with van der Waals surface area (Å²) in [6.07, 6.45) is 5.23. The molecule has 0 amide bonds. The van der Waals surface area contributed by atoms with Gasteiger partial charge in [-0.05, 0) is 66.7 Å². The third kappa shape index (κ3) is 5.86. The highest BCUT2D eigenvalue weighted by Crippen LogP contribution is 2.36. The average Bonchev–Trinajstić information content (AvgIpc) is 3.56. The van der Waals surface area contributed by atoms with E-state index in [9.17, 15) is 9.59 Å². The minimum atomic E-state index is -0.754. The number of benzene rings is 2. The maximum atomic E-state index is 14.2. The molecule has 1 atom stereocenters. The first-order valence-electron chi connectivity index (χ1n) is 14.5. The molecule has 43 heavy (non-hydrogen) atoms. The molecule has 0 saturated carbocycles. The van der Waals surface area contributed by atoms with Crippen LogP contribution in [0.5, 0.6) is 5.75 Å². The van der Waals surface area contributed by atoms with Gasteiger partial charge in [-0.25, -0.2) is 9.79 Å². The van der Waals surface area contributed by atoms with Crippen molar-refractivity contribution in [2.45, 2.75) is 39.2 Å². The quantitative estimate of drug-likeness (QED) is 0.226. The number of anilines is 1. The zero-order valence-electron chi connectivity index (χ0n) is 24.0. The van der Waals surface area contributed by atoms with E-state index in [1.54, 1.807) is 17.6 Å². The van der Waals surface area contributed by atoms with Gasteiger partial charge in [-0.3, -0.25) is 9.36 Å². The fourth-order valence-electron chi connectivity index (χ4n) is 5.56. The number of hydrogen-bond donors (Lipinski definition) is 0. The van der Waals surface area contributed by atoms with E-state index >= 15 is 0 Å². The normalized spacial score (nSPS) is 17.0. The van der Waals surface area contributed by atoms with Gasteiger partial charge in [-0.2, -0.15) is 0 Å². The SMILES string of the molecule is CCOC(=O)C1=C(c2ccccc2)N=c2s/c(=C/c3cc(Br)c(N4CCCCC4)o3)c(=O)n2[C@@H]1c1ccc(OCC)cc1. The summed E-state index contributed by atoms with van der Waals surface area (Å²) >= 11 is 4.92. The van der Waals surface area contributed by atoms with Crippen LogP contribution in [-0.2, 0) is 9.53 Å². The van der Waals surface area contributed by atoms with Gasteiger partial charge in [-0.15, -0.1) is 0 Å². The Balaban J connectivity index is 1.54. The number of hydrogen-bond acceptors (Lipinski definition) is 8. The number of ether oxygens (including phenoxy) is 2. The van der Waals surface area contributed by atoms with Gasteiger partial charge in [0, 0.05) is 30.8 Å². The highest BCUT2D eigenvalue weighted by Gasteiger charge is 2.35. The summed E-state index contributed by atoms with van der Waals surface area (Å²) in [5.74, 6) is 1.54. The van der Waals surface area contributed by atoms with Crippen LogP contribution < -0.4 is 24.5 Å². The molecule has 8 nitrogen and oxygen atoms in total. The number of nitrogens with zero attached hydrogens (tertiary/aromatic N) is 3. The maximum Gasteiger partial charge on any atom is 0.338 e. The van der Waals surface area contributed by atoms with E-state index in [-0.39, 0.29) is 12.2 Å². The van der Waals surface area contributed by atoms with E-state index < -0.39 is 12.0 Å². The van der Waals surface area contributed by atoms with Crippen molar-refractivity contribution in [2.75, 3.05) is 31.2 Å². The lowest BCUT2D eigenvalue weighted by Gasteiger charge is -2.26. The fourth-order valence-corrected chi connectivity index (χ4v) is 7.10. The monoisotopic (exact) mass is 661 g/mol. The van der Waals surface area contributed by atoms with Crippen molar-refractivity contribution in [3.63, 3.8) is 0 Å². The number of piperidine rings is 1. The molecule has 0 N–H and O–H groups in total. The van der Waals surface area contributed by atoms with Crippen molar-refractivity contribution in [3.05, 3.63) is 107 Å². The highest BCUT2D eigenvalue weighted by molar-refractivity contribution is 9.10. The number of halogens is 1. The van der Waals surface area contributed by atoms with Crippen molar-refractivity contribution in [3.8, 4) is 5.75 Å². The lowest BCUT2D eigenvalue weighted by atomic mass is 9.93. The maximum absolute atomic E-state index is 14.2. The van der Waals surface area contributed by atoms with Crippen molar-refractivity contribution < 1.29 is 18.7 Å². The number of thiazole rings is 1. The van der Waals surface area contributed by atoms with Crippen LogP contribution in [0.4, 0.5) is 5.88 Å². The van der Waals surface area contributed by atoms with Crippen LogP contribution in [0.1, 0.15) is 56.0 Å². The largest absolute Gasteiger partial charge is 0.494 e. The van der Waals surface area contributed by atoms with Crippen LogP contribution in [-0.4, -0.2) is 36.8 Å². The summed E-state index contributed by atoms with van der Waals surface area (Å²) in [5.41, 5.74) is 2.04. The van der Waals surface area contributed by atoms with Crippen LogP contribution in [0.2, 0.25) is 0 Å². The molecule has 2 aliphatic heterocycles. The first kappa shape index (κ1) is 29.2. The van der Waals surface area contributed by atoms with Gasteiger partial charge in [0.15, 0.2) is 4.80 Å². The van der Waals surface area contributed by atoms with Crippen LogP contribution in [0.3, 0.4) is 0 Å². The number of esters is 1. The minimum Gasteiger partial charge on any atom is -0.494 e. The van der Waals surface area contributed by atoms with Crippen molar-refractivity contribution in [1.82, 2.24) is 4.57 Å². The molecule has 4 aromatic rings. The second-order valence-corrected chi connectivity index (χ2v) is 12.1. The van der Waals surface area contributed by atoms with E-state index in [2.05, 4.69) is 20.8 Å². The van der Waals surface area contributed by atoms with Crippen molar-refractivity contribution in [1.29, 1.82) is 0 Å². The topological polar surface area (TPSA) is 86.3 Å². The zero-order chi connectivity index (χ0) is 29.9. The number of aromatic nitrogens is 1. The van der Waals surface area contributed by atoms with Crippen LogP contribution in [0.25, 0.3) is 11.8 Å². The molecule has 0 unspecified atom stereocenters. The van der Waals surface area contributed by atoms with Gasteiger partial charge >= 0.3 is 5.97 Å². The fraction of sp³-hybridized carbons (Fsp3) is 0.303. The Kier molecular flexibility index (Phi) is 8.67. The molecule has 0 radical (unpaired) electrons. The first-order valence-corrected chi connectivity index (χ1v) is 16.1. The molecule has 4 heterocycles. The Labute approximate surface area is 261 Å². The first-order chi connectivity index (χ1) is 21.0.